The van der Waals surface area contributed by atoms with E-state index in [0.717, 1.165) is 42.0 Å². The van der Waals surface area contributed by atoms with Crippen molar-refractivity contribution < 1.29 is 4.74 Å². The first kappa shape index (κ1) is 19.3. The van der Waals surface area contributed by atoms with Crippen molar-refractivity contribution in [1.29, 1.82) is 0 Å². The Bertz CT molecular complexity index is 1100. The van der Waals surface area contributed by atoms with Gasteiger partial charge in [-0.2, -0.15) is 0 Å². The molecular weight excluding hydrogens is 380 g/mol. The molecule has 0 N–H and O–H groups in total. The van der Waals surface area contributed by atoms with Gasteiger partial charge in [-0.15, -0.1) is 0 Å². The molecule has 1 heterocycles. The maximum Gasteiger partial charge on any atom is 0.137 e. The van der Waals surface area contributed by atoms with Crippen molar-refractivity contribution in [3.05, 3.63) is 95.3 Å². The maximum atomic E-state index is 6.14. The summed E-state index contributed by atoms with van der Waals surface area (Å²) in [5.41, 5.74) is 3.35. The Labute approximate surface area is 176 Å². The number of hydrogen-bond acceptors (Lipinski definition) is 2. The lowest BCUT2D eigenvalue weighted by Gasteiger charge is -2.09. The summed E-state index contributed by atoms with van der Waals surface area (Å²) in [5.74, 6) is 1.72. The third-order valence-corrected chi connectivity index (χ3v) is 5.09. The lowest BCUT2D eigenvalue weighted by Crippen LogP contribution is -2.04. The summed E-state index contributed by atoms with van der Waals surface area (Å²) in [6.07, 6.45) is 6.14. The molecule has 0 fully saturated rings. The summed E-state index contributed by atoms with van der Waals surface area (Å²) in [5, 5.41) is 0.654. The Hall–Kier alpha value is -3.04. The molecule has 0 unspecified atom stereocenters. The van der Waals surface area contributed by atoms with Gasteiger partial charge < -0.3 is 9.30 Å². The van der Waals surface area contributed by atoms with Crippen LogP contribution < -0.4 is 4.74 Å². The molecule has 0 spiro atoms. The number of fused-ring (bicyclic) bond motifs is 1. The summed E-state index contributed by atoms with van der Waals surface area (Å²) in [4.78, 5) is 4.81. The minimum atomic E-state index is 0.644. The van der Waals surface area contributed by atoms with E-state index >= 15 is 0 Å². The first-order valence-corrected chi connectivity index (χ1v) is 10.2. The monoisotopic (exact) mass is 402 g/mol. The van der Waals surface area contributed by atoms with Gasteiger partial charge in [0.15, 0.2) is 0 Å². The number of imidazole rings is 1. The number of hydrogen-bond donors (Lipinski definition) is 0. The fraction of sp³-hybridized carbons (Fsp3) is 0.160. The fourth-order valence-electron chi connectivity index (χ4n) is 3.31. The molecule has 0 atom stereocenters. The van der Waals surface area contributed by atoms with Crippen molar-refractivity contribution in [2.24, 2.45) is 0 Å². The van der Waals surface area contributed by atoms with Crippen molar-refractivity contribution in [3.63, 3.8) is 0 Å². The molecule has 3 aromatic carbocycles. The van der Waals surface area contributed by atoms with Gasteiger partial charge in [-0.05, 0) is 48.7 Å². The summed E-state index contributed by atoms with van der Waals surface area (Å²) in [6, 6.07) is 26.2. The lowest BCUT2D eigenvalue weighted by atomic mass is 10.2. The van der Waals surface area contributed by atoms with Crippen LogP contribution in [0.2, 0.25) is 5.02 Å². The summed E-state index contributed by atoms with van der Waals surface area (Å²) in [7, 11) is 0. The summed E-state index contributed by atoms with van der Waals surface area (Å²) < 4.78 is 8.09. The quantitative estimate of drug-likeness (QED) is 0.306. The fourth-order valence-corrected chi connectivity index (χ4v) is 3.50. The molecule has 146 valence electrons. The van der Waals surface area contributed by atoms with E-state index in [4.69, 9.17) is 21.3 Å². The van der Waals surface area contributed by atoms with Crippen molar-refractivity contribution in [1.82, 2.24) is 9.55 Å². The molecule has 0 amide bonds. The topological polar surface area (TPSA) is 27.1 Å². The molecule has 0 aliphatic carbocycles. The van der Waals surface area contributed by atoms with E-state index in [2.05, 4.69) is 47.1 Å². The van der Waals surface area contributed by atoms with Gasteiger partial charge in [0.25, 0.3) is 0 Å². The van der Waals surface area contributed by atoms with E-state index in [0.29, 0.717) is 11.6 Å². The number of benzene rings is 3. The zero-order valence-corrected chi connectivity index (χ0v) is 16.9. The predicted octanol–water partition coefficient (Wildman–Crippen LogP) is 6.72. The standard InChI is InChI=1S/C25H23ClN2O/c26-21-12-4-7-15-24(21)29-19-9-8-18-28-23-14-6-5-13-22(23)27-25(28)17-16-20-10-2-1-3-11-20/h1-7,10-17H,8-9,18-19H2/b17-16+. The Kier molecular flexibility index (Phi) is 6.28. The number of para-hydroxylation sites is 3. The van der Waals surface area contributed by atoms with Gasteiger partial charge in [0, 0.05) is 6.54 Å². The Morgan fingerprint density at radius 3 is 2.45 bits per heavy atom. The van der Waals surface area contributed by atoms with Gasteiger partial charge in [0.05, 0.1) is 22.7 Å². The average molecular weight is 403 g/mol. The number of unbranched alkanes of at least 4 members (excludes halogenated alkanes) is 1. The SMILES string of the molecule is Clc1ccccc1OCCCCn1c(/C=C/c2ccccc2)nc2ccccc21. The second-order valence-electron chi connectivity index (χ2n) is 6.84. The number of halogens is 1. The van der Waals surface area contributed by atoms with Crippen LogP contribution in [0.3, 0.4) is 0 Å². The zero-order valence-electron chi connectivity index (χ0n) is 16.2. The Balaban J connectivity index is 1.43. The van der Waals surface area contributed by atoms with E-state index in [1.807, 2.05) is 48.5 Å². The van der Waals surface area contributed by atoms with Gasteiger partial charge in [0.2, 0.25) is 0 Å². The van der Waals surface area contributed by atoms with E-state index in [-0.39, 0.29) is 0 Å². The summed E-state index contributed by atoms with van der Waals surface area (Å²) >= 11 is 6.14. The highest BCUT2D eigenvalue weighted by atomic mass is 35.5. The molecule has 29 heavy (non-hydrogen) atoms. The van der Waals surface area contributed by atoms with Crippen LogP contribution in [0.4, 0.5) is 0 Å². The smallest absolute Gasteiger partial charge is 0.137 e. The molecule has 4 rings (SSSR count). The van der Waals surface area contributed by atoms with E-state index < -0.39 is 0 Å². The number of nitrogens with zero attached hydrogens (tertiary/aromatic N) is 2. The van der Waals surface area contributed by atoms with Gasteiger partial charge >= 0.3 is 0 Å². The van der Waals surface area contributed by atoms with Gasteiger partial charge in [0.1, 0.15) is 11.6 Å². The van der Waals surface area contributed by atoms with Crippen LogP contribution in [0, 0.1) is 0 Å². The highest BCUT2D eigenvalue weighted by Crippen LogP contribution is 2.23. The zero-order chi connectivity index (χ0) is 19.9. The van der Waals surface area contributed by atoms with Crippen LogP contribution in [0.1, 0.15) is 24.2 Å². The molecule has 0 aliphatic heterocycles. The Morgan fingerprint density at radius 1 is 0.828 bits per heavy atom. The van der Waals surface area contributed by atoms with E-state index in [9.17, 15) is 0 Å². The van der Waals surface area contributed by atoms with Crippen LogP contribution in [0.5, 0.6) is 5.75 Å². The second kappa shape index (κ2) is 9.44. The molecule has 0 aliphatic rings. The molecule has 3 nitrogen and oxygen atoms in total. The predicted molar refractivity (Wildman–Crippen MR) is 121 cm³/mol. The van der Waals surface area contributed by atoms with Gasteiger partial charge in [-0.25, -0.2) is 4.98 Å². The van der Waals surface area contributed by atoms with Gasteiger partial charge in [-0.1, -0.05) is 72.3 Å². The number of ether oxygens (including phenoxy) is 1. The molecule has 1 aromatic heterocycles. The highest BCUT2D eigenvalue weighted by Gasteiger charge is 2.08. The normalized spacial score (nSPS) is 11.3. The minimum absolute atomic E-state index is 0.644. The average Bonchev–Trinajstić information content (AvgIpc) is 3.11. The van der Waals surface area contributed by atoms with Crippen LogP contribution in [0.25, 0.3) is 23.2 Å². The number of rotatable bonds is 8. The minimum Gasteiger partial charge on any atom is -0.492 e. The van der Waals surface area contributed by atoms with Crippen molar-refractivity contribution in [2.75, 3.05) is 6.61 Å². The first-order chi connectivity index (χ1) is 14.3. The van der Waals surface area contributed by atoms with Crippen LogP contribution in [-0.2, 0) is 6.54 Å². The molecule has 0 bridgehead atoms. The Morgan fingerprint density at radius 2 is 1.59 bits per heavy atom. The molecule has 0 saturated heterocycles. The second-order valence-corrected chi connectivity index (χ2v) is 7.25. The van der Waals surface area contributed by atoms with E-state index in [1.54, 1.807) is 0 Å². The molecule has 0 saturated carbocycles. The van der Waals surface area contributed by atoms with Gasteiger partial charge in [-0.3, -0.25) is 0 Å². The summed E-state index contributed by atoms with van der Waals surface area (Å²) in [6.45, 7) is 1.53. The van der Waals surface area contributed by atoms with Crippen LogP contribution in [-0.4, -0.2) is 16.2 Å². The third-order valence-electron chi connectivity index (χ3n) is 4.78. The van der Waals surface area contributed by atoms with Crippen LogP contribution in [0.15, 0.2) is 78.9 Å². The maximum absolute atomic E-state index is 6.14. The number of aromatic nitrogens is 2. The first-order valence-electron chi connectivity index (χ1n) is 9.87. The molecule has 4 aromatic rings. The number of aryl methyl sites for hydroxylation is 1. The van der Waals surface area contributed by atoms with Crippen molar-refractivity contribution in [2.45, 2.75) is 19.4 Å². The van der Waals surface area contributed by atoms with Crippen molar-refractivity contribution in [3.8, 4) is 5.75 Å². The highest BCUT2D eigenvalue weighted by molar-refractivity contribution is 6.32. The largest absolute Gasteiger partial charge is 0.492 e. The lowest BCUT2D eigenvalue weighted by molar-refractivity contribution is 0.303. The molecule has 4 heteroatoms. The molecular formula is C25H23ClN2O. The van der Waals surface area contributed by atoms with Crippen molar-refractivity contribution >= 4 is 34.8 Å². The third kappa shape index (κ3) is 4.87. The molecule has 0 radical (unpaired) electrons. The van der Waals surface area contributed by atoms with E-state index in [1.165, 1.54) is 5.56 Å². The van der Waals surface area contributed by atoms with Crippen LogP contribution >= 0.6 is 11.6 Å².